The molecule has 1 heterocycles. The Balaban J connectivity index is 2.44. The summed E-state index contributed by atoms with van der Waals surface area (Å²) in [5, 5.41) is 0. The number of hydrogen-bond acceptors (Lipinski definition) is 2. The van der Waals surface area contributed by atoms with E-state index in [1.54, 1.807) is 24.5 Å². The van der Waals surface area contributed by atoms with Crippen molar-refractivity contribution >= 4 is 11.6 Å². The highest BCUT2D eigenvalue weighted by atomic mass is 16.2. The molecule has 104 valence electrons. The number of carbonyl (C=O) groups excluding carboxylic acids is 1. The van der Waals surface area contributed by atoms with Crippen LogP contribution in [0.3, 0.4) is 0 Å². The van der Waals surface area contributed by atoms with Crippen LogP contribution in [0.5, 0.6) is 0 Å². The van der Waals surface area contributed by atoms with Crippen molar-refractivity contribution in [2.45, 2.75) is 33.2 Å². The maximum atomic E-state index is 12.8. The summed E-state index contributed by atoms with van der Waals surface area (Å²) in [5.74, 6) is -0.0104. The van der Waals surface area contributed by atoms with Gasteiger partial charge in [-0.25, -0.2) is 0 Å². The predicted octanol–water partition coefficient (Wildman–Crippen LogP) is 3.84. The van der Waals surface area contributed by atoms with Gasteiger partial charge in [-0.15, -0.1) is 0 Å². The Labute approximate surface area is 120 Å². The summed E-state index contributed by atoms with van der Waals surface area (Å²) in [7, 11) is 0. The van der Waals surface area contributed by atoms with Gasteiger partial charge in [-0.3, -0.25) is 9.78 Å². The zero-order valence-corrected chi connectivity index (χ0v) is 12.4. The molecule has 0 spiro atoms. The van der Waals surface area contributed by atoms with Crippen LogP contribution in [0.15, 0.2) is 48.8 Å². The molecule has 3 heteroatoms. The number of carbonyl (C=O) groups is 1. The Hall–Kier alpha value is -2.16. The van der Waals surface area contributed by atoms with Crippen molar-refractivity contribution in [2.24, 2.45) is 0 Å². The molecule has 2 rings (SSSR count). The Kier molecular flexibility index (Phi) is 3.89. The molecule has 0 fully saturated rings. The molecule has 1 amide bonds. The van der Waals surface area contributed by atoms with Gasteiger partial charge in [0.05, 0.1) is 0 Å². The minimum absolute atomic E-state index is 0.0104. The Morgan fingerprint density at radius 2 is 1.55 bits per heavy atom. The van der Waals surface area contributed by atoms with Gasteiger partial charge in [0.25, 0.3) is 5.91 Å². The lowest BCUT2D eigenvalue weighted by molar-refractivity contribution is 0.0966. The molecule has 0 saturated carbocycles. The van der Waals surface area contributed by atoms with Crippen molar-refractivity contribution in [2.75, 3.05) is 4.90 Å². The van der Waals surface area contributed by atoms with E-state index in [4.69, 9.17) is 0 Å². The van der Waals surface area contributed by atoms with Crippen LogP contribution in [-0.4, -0.2) is 16.4 Å². The summed E-state index contributed by atoms with van der Waals surface area (Å²) in [5.41, 5.74) is 2.44. The number of aromatic nitrogens is 1. The summed E-state index contributed by atoms with van der Waals surface area (Å²) in [4.78, 5) is 18.6. The van der Waals surface area contributed by atoms with Crippen molar-refractivity contribution in [1.82, 2.24) is 4.98 Å². The third kappa shape index (κ3) is 3.05. The number of rotatable bonds is 2. The number of pyridine rings is 1. The first kappa shape index (κ1) is 14.3. The van der Waals surface area contributed by atoms with Crippen molar-refractivity contribution in [1.29, 1.82) is 0 Å². The molecule has 1 aromatic carbocycles. The van der Waals surface area contributed by atoms with Crippen LogP contribution in [0.25, 0.3) is 0 Å². The lowest BCUT2D eigenvalue weighted by atomic mass is 10.0. The van der Waals surface area contributed by atoms with E-state index in [1.165, 1.54) is 5.56 Å². The SMILES string of the molecule is Cc1ccc(N(C(=O)c2ccncc2)C(C)(C)C)cc1. The van der Waals surface area contributed by atoms with Crippen molar-refractivity contribution in [3.8, 4) is 0 Å². The lowest BCUT2D eigenvalue weighted by Gasteiger charge is -2.36. The van der Waals surface area contributed by atoms with E-state index < -0.39 is 0 Å². The molecule has 3 nitrogen and oxygen atoms in total. The van der Waals surface area contributed by atoms with Crippen molar-refractivity contribution < 1.29 is 4.79 Å². The van der Waals surface area contributed by atoms with E-state index in [2.05, 4.69) is 4.98 Å². The van der Waals surface area contributed by atoms with Crippen LogP contribution in [0.2, 0.25) is 0 Å². The smallest absolute Gasteiger partial charge is 0.258 e. The molecule has 0 N–H and O–H groups in total. The first-order chi connectivity index (χ1) is 9.39. The predicted molar refractivity (Wildman–Crippen MR) is 82.0 cm³/mol. The molecule has 0 atom stereocenters. The largest absolute Gasteiger partial charge is 0.303 e. The van der Waals surface area contributed by atoms with Gasteiger partial charge in [-0.05, 0) is 52.0 Å². The first-order valence-corrected chi connectivity index (χ1v) is 6.71. The minimum atomic E-state index is -0.296. The van der Waals surface area contributed by atoms with Crippen LogP contribution in [0, 0.1) is 6.92 Å². The van der Waals surface area contributed by atoms with Crippen molar-refractivity contribution in [3.63, 3.8) is 0 Å². The van der Waals surface area contributed by atoms with Crippen LogP contribution < -0.4 is 4.90 Å². The molecule has 0 unspecified atom stereocenters. The molecule has 0 aliphatic heterocycles. The normalized spacial score (nSPS) is 11.2. The van der Waals surface area contributed by atoms with Gasteiger partial charge in [0.15, 0.2) is 0 Å². The Morgan fingerprint density at radius 1 is 1.00 bits per heavy atom. The number of anilines is 1. The van der Waals surface area contributed by atoms with E-state index in [-0.39, 0.29) is 11.4 Å². The minimum Gasteiger partial charge on any atom is -0.303 e. The monoisotopic (exact) mass is 268 g/mol. The van der Waals surface area contributed by atoms with Crippen LogP contribution in [0.4, 0.5) is 5.69 Å². The lowest BCUT2D eigenvalue weighted by Crippen LogP contribution is -2.46. The quantitative estimate of drug-likeness (QED) is 0.829. The van der Waals surface area contributed by atoms with E-state index in [0.717, 1.165) is 5.69 Å². The highest BCUT2D eigenvalue weighted by molar-refractivity contribution is 6.06. The van der Waals surface area contributed by atoms with Gasteiger partial charge < -0.3 is 4.90 Å². The van der Waals surface area contributed by atoms with Crippen LogP contribution in [0.1, 0.15) is 36.7 Å². The third-order valence-electron chi connectivity index (χ3n) is 3.09. The summed E-state index contributed by atoms with van der Waals surface area (Å²) in [6.07, 6.45) is 3.28. The fourth-order valence-corrected chi connectivity index (χ4v) is 2.13. The molecule has 0 aliphatic rings. The standard InChI is InChI=1S/C17H20N2O/c1-13-5-7-15(8-6-13)19(17(2,3)4)16(20)14-9-11-18-12-10-14/h5-12H,1-4H3. The molecule has 0 radical (unpaired) electrons. The summed E-state index contributed by atoms with van der Waals surface area (Å²) in [6, 6.07) is 11.5. The number of hydrogen-bond donors (Lipinski definition) is 0. The van der Waals surface area contributed by atoms with Gasteiger partial charge in [0.1, 0.15) is 0 Å². The summed E-state index contributed by atoms with van der Waals surface area (Å²) >= 11 is 0. The number of benzene rings is 1. The topological polar surface area (TPSA) is 33.2 Å². The maximum Gasteiger partial charge on any atom is 0.258 e. The molecule has 0 bridgehead atoms. The number of nitrogens with zero attached hydrogens (tertiary/aromatic N) is 2. The second kappa shape index (κ2) is 5.45. The average Bonchev–Trinajstić information content (AvgIpc) is 2.41. The van der Waals surface area contributed by atoms with Crippen LogP contribution in [-0.2, 0) is 0 Å². The molecule has 0 saturated heterocycles. The second-order valence-electron chi connectivity index (χ2n) is 5.88. The van der Waals surface area contributed by atoms with Crippen LogP contribution >= 0.6 is 0 Å². The maximum absolute atomic E-state index is 12.8. The summed E-state index contributed by atoms with van der Waals surface area (Å²) < 4.78 is 0. The average molecular weight is 268 g/mol. The van der Waals surface area contributed by atoms with Gasteiger partial charge >= 0.3 is 0 Å². The third-order valence-corrected chi connectivity index (χ3v) is 3.09. The molecule has 0 aliphatic carbocycles. The highest BCUT2D eigenvalue weighted by Crippen LogP contribution is 2.26. The van der Waals surface area contributed by atoms with Gasteiger partial charge in [0, 0.05) is 29.2 Å². The molecule has 2 aromatic rings. The summed E-state index contributed by atoms with van der Waals surface area (Å²) in [6.45, 7) is 8.14. The molecular weight excluding hydrogens is 248 g/mol. The number of aryl methyl sites for hydroxylation is 1. The number of amides is 1. The van der Waals surface area contributed by atoms with Crippen molar-refractivity contribution in [3.05, 3.63) is 59.9 Å². The van der Waals surface area contributed by atoms with E-state index >= 15 is 0 Å². The van der Waals surface area contributed by atoms with E-state index in [1.807, 2.05) is 56.9 Å². The second-order valence-corrected chi connectivity index (χ2v) is 5.88. The molecule has 1 aromatic heterocycles. The zero-order chi connectivity index (χ0) is 14.8. The zero-order valence-electron chi connectivity index (χ0n) is 12.4. The first-order valence-electron chi connectivity index (χ1n) is 6.71. The van der Waals surface area contributed by atoms with Gasteiger partial charge in [-0.1, -0.05) is 17.7 Å². The van der Waals surface area contributed by atoms with E-state index in [0.29, 0.717) is 5.56 Å². The van der Waals surface area contributed by atoms with Gasteiger partial charge in [-0.2, -0.15) is 0 Å². The molecule has 20 heavy (non-hydrogen) atoms. The Bertz CT molecular complexity index is 583. The molecular formula is C17H20N2O. The van der Waals surface area contributed by atoms with E-state index in [9.17, 15) is 4.79 Å². The fourth-order valence-electron chi connectivity index (χ4n) is 2.13. The van der Waals surface area contributed by atoms with Gasteiger partial charge in [0.2, 0.25) is 0 Å². The fraction of sp³-hybridized carbons (Fsp3) is 0.294. The Morgan fingerprint density at radius 3 is 2.05 bits per heavy atom. The highest BCUT2D eigenvalue weighted by Gasteiger charge is 2.28.